The van der Waals surface area contributed by atoms with Crippen molar-refractivity contribution in [1.82, 2.24) is 0 Å². The van der Waals surface area contributed by atoms with Crippen LogP contribution in [0.1, 0.15) is 27.4 Å². The number of halogens is 9. The van der Waals surface area contributed by atoms with Gasteiger partial charge in [-0.1, -0.05) is 29.3 Å². The van der Waals surface area contributed by atoms with E-state index in [0.717, 1.165) is 24.3 Å². The average Bonchev–Trinajstić information content (AvgIpc) is 3.38. The van der Waals surface area contributed by atoms with Gasteiger partial charge in [0, 0.05) is 17.7 Å². The van der Waals surface area contributed by atoms with E-state index in [4.69, 9.17) is 46.4 Å². The number of rotatable bonds is 5. The number of carbonyl (C=O) groups is 2. The molecule has 2 amide bonds. The van der Waals surface area contributed by atoms with Crippen molar-refractivity contribution in [2.75, 3.05) is 10.6 Å². The molecular formula is C24H13Cl4F5N2O2. The number of anilines is 2. The number of hydrogen-bond acceptors (Lipinski definition) is 2. The van der Waals surface area contributed by atoms with Crippen LogP contribution in [0.25, 0.3) is 0 Å². The van der Waals surface area contributed by atoms with Gasteiger partial charge in [-0.15, -0.1) is 23.2 Å². The van der Waals surface area contributed by atoms with E-state index in [2.05, 4.69) is 10.6 Å². The molecule has 0 unspecified atom stereocenters. The number of benzene rings is 3. The largest absolute Gasteiger partial charge is 0.417 e. The minimum Gasteiger partial charge on any atom is -0.326 e. The van der Waals surface area contributed by atoms with Gasteiger partial charge >= 0.3 is 6.18 Å². The number of alkyl halides is 5. The maximum Gasteiger partial charge on any atom is 0.417 e. The minimum atomic E-state index is -4.72. The van der Waals surface area contributed by atoms with Gasteiger partial charge in [-0.3, -0.25) is 9.59 Å². The first-order chi connectivity index (χ1) is 17.2. The molecular weight excluding hydrogens is 585 g/mol. The molecule has 3 aromatic carbocycles. The number of hydrogen-bond donors (Lipinski definition) is 2. The fraction of sp³-hybridized carbons (Fsp3) is 0.167. The quantitative estimate of drug-likeness (QED) is 0.231. The Balaban J connectivity index is 1.53. The first kappa shape index (κ1) is 27.4. The van der Waals surface area contributed by atoms with Crippen LogP contribution in [-0.2, 0) is 11.0 Å². The van der Waals surface area contributed by atoms with E-state index in [1.165, 1.54) is 24.3 Å². The molecule has 3 aromatic rings. The normalized spacial score (nSPS) is 18.3. The van der Waals surface area contributed by atoms with Gasteiger partial charge in [0.2, 0.25) is 5.91 Å². The maximum absolute atomic E-state index is 13.9. The molecule has 0 radical (unpaired) electrons. The number of nitrogens with one attached hydrogen (secondary N) is 2. The topological polar surface area (TPSA) is 58.2 Å². The molecule has 194 valence electrons. The number of carbonyl (C=O) groups excluding carboxylic acids is 2. The third-order valence-electron chi connectivity index (χ3n) is 5.65. The van der Waals surface area contributed by atoms with Crippen molar-refractivity contribution in [2.45, 2.75) is 16.4 Å². The van der Waals surface area contributed by atoms with Gasteiger partial charge in [0.15, 0.2) is 0 Å². The molecule has 0 aromatic heterocycles. The Bertz CT molecular complexity index is 1410. The van der Waals surface area contributed by atoms with E-state index in [0.29, 0.717) is 6.07 Å². The Hall–Kier alpha value is -2.59. The van der Waals surface area contributed by atoms with Gasteiger partial charge in [0.25, 0.3) is 5.91 Å². The summed E-state index contributed by atoms with van der Waals surface area (Å²) in [6, 6.07) is 9.55. The van der Waals surface area contributed by atoms with E-state index in [9.17, 15) is 31.5 Å². The molecule has 0 spiro atoms. The molecule has 2 atom stereocenters. The van der Waals surface area contributed by atoms with Gasteiger partial charge in [-0.05, 0) is 48.0 Å². The van der Waals surface area contributed by atoms with Crippen molar-refractivity contribution in [3.05, 3.63) is 93.0 Å². The van der Waals surface area contributed by atoms with Crippen LogP contribution >= 0.6 is 46.4 Å². The summed E-state index contributed by atoms with van der Waals surface area (Å²) in [5, 5.41) is 4.20. The van der Waals surface area contributed by atoms with Crippen LogP contribution in [0.3, 0.4) is 0 Å². The minimum absolute atomic E-state index is 0.0350. The zero-order chi connectivity index (χ0) is 27.3. The lowest BCUT2D eigenvalue weighted by atomic mass is 10.0. The predicted octanol–water partition coefficient (Wildman–Crippen LogP) is 8.07. The molecule has 4 nitrogen and oxygen atoms in total. The summed E-state index contributed by atoms with van der Waals surface area (Å²) < 4.78 is 65.1. The molecule has 1 aliphatic rings. The lowest BCUT2D eigenvalue weighted by Gasteiger charge is -2.11. The second-order valence-corrected chi connectivity index (χ2v) is 10.4. The average molecular weight is 598 g/mol. The van der Waals surface area contributed by atoms with Gasteiger partial charge in [-0.2, -0.15) is 13.2 Å². The Kier molecular flexibility index (Phi) is 7.38. The van der Waals surface area contributed by atoms with E-state index in [-0.39, 0.29) is 27.5 Å². The summed E-state index contributed by atoms with van der Waals surface area (Å²) in [4.78, 5) is 25.5. The van der Waals surface area contributed by atoms with Crippen LogP contribution in [0, 0.1) is 17.6 Å². The first-order valence-corrected chi connectivity index (χ1v) is 11.8. The van der Waals surface area contributed by atoms with Crippen LogP contribution < -0.4 is 10.6 Å². The van der Waals surface area contributed by atoms with Crippen molar-refractivity contribution in [3.63, 3.8) is 0 Å². The Morgan fingerprint density at radius 1 is 0.865 bits per heavy atom. The number of amides is 2. The molecule has 1 fully saturated rings. The smallest absolute Gasteiger partial charge is 0.326 e. The zero-order valence-electron chi connectivity index (χ0n) is 18.1. The SMILES string of the molecule is O=C(Nc1ccc(F)cc1F)c1cc(NC(=O)[C@H]2[C@H](c3ccc(Cl)c(C(F)(F)F)c3)C2(Cl)Cl)ccc1Cl. The second-order valence-electron chi connectivity index (χ2n) is 8.13. The van der Waals surface area contributed by atoms with Gasteiger partial charge in [0.05, 0.1) is 32.8 Å². The van der Waals surface area contributed by atoms with Crippen molar-refractivity contribution >= 4 is 69.6 Å². The van der Waals surface area contributed by atoms with Crippen molar-refractivity contribution < 1.29 is 31.5 Å². The highest BCUT2D eigenvalue weighted by molar-refractivity contribution is 6.53. The molecule has 0 bridgehead atoms. The van der Waals surface area contributed by atoms with Gasteiger partial charge < -0.3 is 10.6 Å². The molecule has 1 saturated carbocycles. The van der Waals surface area contributed by atoms with Crippen LogP contribution in [-0.4, -0.2) is 16.1 Å². The molecule has 4 rings (SSSR count). The molecule has 0 saturated heterocycles. The van der Waals surface area contributed by atoms with Crippen LogP contribution in [0.15, 0.2) is 54.6 Å². The lowest BCUT2D eigenvalue weighted by molar-refractivity contribution is -0.137. The molecule has 2 N–H and O–H groups in total. The van der Waals surface area contributed by atoms with Crippen LogP contribution in [0.5, 0.6) is 0 Å². The van der Waals surface area contributed by atoms with E-state index < -0.39 is 56.4 Å². The Morgan fingerprint density at radius 2 is 1.54 bits per heavy atom. The van der Waals surface area contributed by atoms with Crippen LogP contribution in [0.2, 0.25) is 10.0 Å². The monoisotopic (exact) mass is 596 g/mol. The van der Waals surface area contributed by atoms with Crippen molar-refractivity contribution in [1.29, 1.82) is 0 Å². The predicted molar refractivity (Wildman–Crippen MR) is 132 cm³/mol. The third kappa shape index (κ3) is 5.65. The summed E-state index contributed by atoms with van der Waals surface area (Å²) in [7, 11) is 0. The Morgan fingerprint density at radius 3 is 2.19 bits per heavy atom. The van der Waals surface area contributed by atoms with Crippen molar-refractivity contribution in [2.24, 2.45) is 5.92 Å². The zero-order valence-corrected chi connectivity index (χ0v) is 21.1. The van der Waals surface area contributed by atoms with Gasteiger partial charge in [0.1, 0.15) is 16.0 Å². The lowest BCUT2D eigenvalue weighted by Crippen LogP contribution is -2.18. The van der Waals surface area contributed by atoms with Crippen LogP contribution in [0.4, 0.5) is 33.3 Å². The van der Waals surface area contributed by atoms with E-state index >= 15 is 0 Å². The van der Waals surface area contributed by atoms with Gasteiger partial charge in [-0.25, -0.2) is 8.78 Å². The first-order valence-electron chi connectivity index (χ1n) is 10.3. The molecule has 0 heterocycles. The summed E-state index contributed by atoms with van der Waals surface area (Å²) in [6.45, 7) is 0. The fourth-order valence-electron chi connectivity index (χ4n) is 3.80. The third-order valence-corrected chi connectivity index (χ3v) is 7.25. The summed E-state index contributed by atoms with van der Waals surface area (Å²) in [5.74, 6) is -5.51. The highest BCUT2D eigenvalue weighted by atomic mass is 35.5. The highest BCUT2D eigenvalue weighted by Crippen LogP contribution is 2.65. The molecule has 1 aliphatic carbocycles. The highest BCUT2D eigenvalue weighted by Gasteiger charge is 2.67. The second kappa shape index (κ2) is 9.94. The maximum atomic E-state index is 13.9. The summed E-state index contributed by atoms with van der Waals surface area (Å²) in [6.07, 6.45) is -4.72. The van der Waals surface area contributed by atoms with Crippen molar-refractivity contribution in [3.8, 4) is 0 Å². The Labute approximate surface area is 226 Å². The molecule has 37 heavy (non-hydrogen) atoms. The summed E-state index contributed by atoms with van der Waals surface area (Å²) >= 11 is 24.2. The summed E-state index contributed by atoms with van der Waals surface area (Å²) in [5.41, 5.74) is -1.38. The standard InChI is InChI=1S/C24H13Cl4F5N2O2/c25-15-5-3-12(9-13(15)21(36)35-18-6-2-11(29)8-17(18)30)34-22(37)20-19(23(20,27)28)10-1-4-16(26)14(7-10)24(31,32)33/h1-9,19-20H,(H,34,37)(H,35,36)/t19-,20+/m0/s1. The van der Waals surface area contributed by atoms with E-state index in [1.807, 2.05) is 0 Å². The van der Waals surface area contributed by atoms with E-state index in [1.54, 1.807) is 0 Å². The fourth-order valence-corrected chi connectivity index (χ4v) is 5.06. The molecule has 0 aliphatic heterocycles. The molecule has 13 heteroatoms.